The minimum atomic E-state index is -0.647. The number of hydrogen-bond donors (Lipinski definition) is 0. The molecule has 0 saturated carbocycles. The van der Waals surface area contributed by atoms with Gasteiger partial charge in [0.05, 0.1) is 0 Å². The summed E-state index contributed by atoms with van der Waals surface area (Å²) >= 11 is 0. The highest BCUT2D eigenvalue weighted by molar-refractivity contribution is 5.60. The molecule has 0 amide bonds. The molecule has 0 fully saturated rings. The van der Waals surface area contributed by atoms with E-state index >= 15 is 0 Å². The first-order chi connectivity index (χ1) is 7.75. The molecule has 2 aromatic rings. The van der Waals surface area contributed by atoms with E-state index < -0.39 is 11.9 Å². The lowest BCUT2D eigenvalue weighted by Crippen LogP contribution is -2.44. The summed E-state index contributed by atoms with van der Waals surface area (Å²) in [5, 5.41) is 0. The normalized spacial score (nSPS) is 9.81. The van der Waals surface area contributed by atoms with E-state index in [1.54, 1.807) is 24.3 Å². The van der Waals surface area contributed by atoms with Gasteiger partial charge in [0.25, 0.3) is 0 Å². The molecule has 1 aromatic carbocycles. The number of carbonyl (C=O) groups excluding carboxylic acids is 1. The molecular formula is C12H9FNO2+. The van der Waals surface area contributed by atoms with Crippen LogP contribution in [0.3, 0.4) is 0 Å². The Morgan fingerprint density at radius 2 is 1.88 bits per heavy atom. The lowest BCUT2D eigenvalue weighted by molar-refractivity contribution is -0.583. The van der Waals surface area contributed by atoms with Crippen molar-refractivity contribution in [2.75, 3.05) is 0 Å². The maximum atomic E-state index is 12.8. The SMILES string of the molecule is O=C(Oc1ccccc1)[n+]1cccc(F)c1. The van der Waals surface area contributed by atoms with Crippen LogP contribution in [-0.2, 0) is 0 Å². The van der Waals surface area contributed by atoms with Gasteiger partial charge in [-0.3, -0.25) is 0 Å². The Labute approximate surface area is 91.7 Å². The molecule has 0 aliphatic rings. The van der Waals surface area contributed by atoms with Gasteiger partial charge in [0.1, 0.15) is 5.75 Å². The largest absolute Gasteiger partial charge is 0.607 e. The molecule has 1 heterocycles. The van der Waals surface area contributed by atoms with E-state index in [9.17, 15) is 9.18 Å². The monoisotopic (exact) mass is 218 g/mol. The summed E-state index contributed by atoms with van der Waals surface area (Å²) in [6, 6.07) is 11.3. The lowest BCUT2D eigenvalue weighted by atomic mass is 10.3. The number of aromatic nitrogens is 1. The second-order valence-corrected chi connectivity index (χ2v) is 3.11. The number of halogens is 1. The van der Waals surface area contributed by atoms with E-state index in [1.807, 2.05) is 6.07 Å². The molecule has 0 N–H and O–H groups in total. The van der Waals surface area contributed by atoms with Gasteiger partial charge in [-0.1, -0.05) is 22.8 Å². The Kier molecular flexibility index (Phi) is 2.91. The van der Waals surface area contributed by atoms with Gasteiger partial charge in [0.15, 0.2) is 12.0 Å². The second kappa shape index (κ2) is 4.53. The van der Waals surface area contributed by atoms with Crippen LogP contribution >= 0.6 is 0 Å². The predicted octanol–water partition coefficient (Wildman–Crippen LogP) is 2.16. The van der Waals surface area contributed by atoms with Crippen molar-refractivity contribution in [3.05, 3.63) is 60.7 Å². The Balaban J connectivity index is 2.15. The van der Waals surface area contributed by atoms with Crippen molar-refractivity contribution in [2.24, 2.45) is 0 Å². The molecule has 1 aromatic heterocycles. The molecule has 0 saturated heterocycles. The summed E-state index contributed by atoms with van der Waals surface area (Å²) in [6.07, 6.45) is 1.84. The van der Waals surface area contributed by atoms with Gasteiger partial charge < -0.3 is 4.74 Å². The van der Waals surface area contributed by atoms with Crippen LogP contribution in [0, 0.1) is 5.82 Å². The molecule has 0 radical (unpaired) electrons. The van der Waals surface area contributed by atoms with E-state index in [1.165, 1.54) is 18.3 Å². The van der Waals surface area contributed by atoms with E-state index in [-0.39, 0.29) is 0 Å². The Bertz CT molecular complexity index is 499. The molecule has 80 valence electrons. The predicted molar refractivity (Wildman–Crippen MR) is 54.5 cm³/mol. The minimum absolute atomic E-state index is 0.421. The molecule has 0 atom stereocenters. The Hall–Kier alpha value is -2.23. The van der Waals surface area contributed by atoms with Crippen LogP contribution in [0.5, 0.6) is 5.75 Å². The molecule has 0 aliphatic heterocycles. The summed E-state index contributed by atoms with van der Waals surface area (Å²) < 4.78 is 18.9. The number of benzene rings is 1. The number of nitrogens with zero attached hydrogens (tertiary/aromatic N) is 1. The van der Waals surface area contributed by atoms with Crippen LogP contribution < -0.4 is 9.30 Å². The van der Waals surface area contributed by atoms with Gasteiger partial charge >= 0.3 is 6.09 Å². The number of para-hydroxylation sites is 1. The van der Waals surface area contributed by atoms with Gasteiger partial charge in [-0.2, -0.15) is 4.79 Å². The van der Waals surface area contributed by atoms with Crippen molar-refractivity contribution >= 4 is 6.09 Å². The zero-order valence-corrected chi connectivity index (χ0v) is 8.34. The van der Waals surface area contributed by atoms with Gasteiger partial charge in [0.2, 0.25) is 6.20 Å². The van der Waals surface area contributed by atoms with Crippen LogP contribution in [0.4, 0.5) is 9.18 Å². The zero-order valence-electron chi connectivity index (χ0n) is 8.34. The number of carbonyl (C=O) groups is 1. The van der Waals surface area contributed by atoms with E-state index in [0.29, 0.717) is 5.75 Å². The average Bonchev–Trinajstić information content (AvgIpc) is 2.30. The summed E-state index contributed by atoms with van der Waals surface area (Å²) in [6.45, 7) is 0. The molecule has 0 spiro atoms. The first-order valence-electron chi connectivity index (χ1n) is 4.70. The van der Waals surface area contributed by atoms with Crippen molar-refractivity contribution in [1.29, 1.82) is 0 Å². The first kappa shape index (κ1) is 10.3. The molecule has 0 aliphatic carbocycles. The van der Waals surface area contributed by atoms with Gasteiger partial charge in [-0.15, -0.1) is 0 Å². The maximum absolute atomic E-state index is 12.8. The summed E-state index contributed by atoms with van der Waals surface area (Å²) in [5.74, 6) is -0.0724. The Morgan fingerprint density at radius 1 is 1.12 bits per heavy atom. The topological polar surface area (TPSA) is 30.2 Å². The Morgan fingerprint density at radius 3 is 2.56 bits per heavy atom. The quantitative estimate of drug-likeness (QED) is 0.686. The number of pyridine rings is 1. The third kappa shape index (κ3) is 2.42. The fourth-order valence-electron chi connectivity index (χ4n) is 1.20. The van der Waals surface area contributed by atoms with Crippen molar-refractivity contribution in [3.63, 3.8) is 0 Å². The molecule has 0 unspecified atom stereocenters. The van der Waals surface area contributed by atoms with E-state index in [4.69, 9.17) is 4.74 Å². The summed E-state index contributed by atoms with van der Waals surface area (Å²) in [7, 11) is 0. The van der Waals surface area contributed by atoms with Crippen molar-refractivity contribution in [3.8, 4) is 5.75 Å². The number of hydrogen-bond acceptors (Lipinski definition) is 2. The smallest absolute Gasteiger partial charge is 0.372 e. The number of ether oxygens (including phenoxy) is 1. The third-order valence-corrected chi connectivity index (χ3v) is 1.92. The fraction of sp³-hybridized carbons (Fsp3) is 0. The first-order valence-corrected chi connectivity index (χ1v) is 4.70. The van der Waals surface area contributed by atoms with Gasteiger partial charge in [-0.25, -0.2) is 4.39 Å². The van der Waals surface area contributed by atoms with Crippen LogP contribution in [0.15, 0.2) is 54.9 Å². The highest BCUT2D eigenvalue weighted by Crippen LogP contribution is 2.07. The van der Waals surface area contributed by atoms with E-state index in [2.05, 4.69) is 0 Å². The van der Waals surface area contributed by atoms with Crippen molar-refractivity contribution in [2.45, 2.75) is 0 Å². The molecule has 3 nitrogen and oxygen atoms in total. The zero-order chi connectivity index (χ0) is 11.4. The molecular weight excluding hydrogens is 209 g/mol. The van der Waals surface area contributed by atoms with E-state index in [0.717, 1.165) is 10.8 Å². The van der Waals surface area contributed by atoms with Gasteiger partial charge in [0, 0.05) is 6.07 Å². The third-order valence-electron chi connectivity index (χ3n) is 1.92. The molecule has 2 rings (SSSR count). The van der Waals surface area contributed by atoms with Crippen LogP contribution in [0.2, 0.25) is 0 Å². The fourth-order valence-corrected chi connectivity index (χ4v) is 1.20. The van der Waals surface area contributed by atoms with Crippen molar-refractivity contribution < 1.29 is 18.5 Å². The van der Waals surface area contributed by atoms with Crippen LogP contribution in [0.25, 0.3) is 0 Å². The highest BCUT2D eigenvalue weighted by Gasteiger charge is 2.17. The minimum Gasteiger partial charge on any atom is -0.372 e. The van der Waals surface area contributed by atoms with Crippen molar-refractivity contribution in [1.82, 2.24) is 0 Å². The average molecular weight is 218 g/mol. The molecule has 16 heavy (non-hydrogen) atoms. The van der Waals surface area contributed by atoms with Gasteiger partial charge in [-0.05, 0) is 18.2 Å². The summed E-state index contributed by atoms with van der Waals surface area (Å²) in [4.78, 5) is 11.5. The highest BCUT2D eigenvalue weighted by atomic mass is 19.1. The standard InChI is InChI=1S/C12H9FNO2/c13-10-5-4-8-14(9-10)12(15)16-11-6-2-1-3-7-11/h1-9H/q+1. The van der Waals surface area contributed by atoms with Crippen LogP contribution in [0.1, 0.15) is 0 Å². The lowest BCUT2D eigenvalue weighted by Gasteiger charge is -1.98. The number of rotatable bonds is 1. The summed E-state index contributed by atoms with van der Waals surface area (Å²) in [5.41, 5.74) is 0. The second-order valence-electron chi connectivity index (χ2n) is 3.11. The van der Waals surface area contributed by atoms with Crippen LogP contribution in [-0.4, -0.2) is 6.09 Å². The maximum Gasteiger partial charge on any atom is 0.607 e. The molecule has 0 bridgehead atoms. The molecule has 4 heteroatoms.